The average molecular weight is 449 g/mol. The van der Waals surface area contributed by atoms with Crippen molar-refractivity contribution in [3.8, 4) is 17.5 Å². The zero-order chi connectivity index (χ0) is 24.2. The number of aliphatic carboxylic acids is 1. The molecule has 3 aromatic rings. The van der Waals surface area contributed by atoms with Crippen molar-refractivity contribution in [2.75, 3.05) is 18.1 Å². The Balaban J connectivity index is 1.91. The van der Waals surface area contributed by atoms with Gasteiger partial charge in [0.1, 0.15) is 24.2 Å². The number of rotatable bonds is 7. The monoisotopic (exact) mass is 449 g/mol. The van der Waals surface area contributed by atoms with E-state index in [9.17, 15) is 24.3 Å². The number of nitrogens with zero attached hydrogens (tertiary/aromatic N) is 3. The van der Waals surface area contributed by atoms with E-state index in [-0.39, 0.29) is 28.0 Å². The molecule has 1 aromatic heterocycles. The molecule has 0 aliphatic heterocycles. The average Bonchev–Trinajstić information content (AvgIpc) is 3.25. The number of hydrogen-bond donors (Lipinski definition) is 1. The molecule has 0 aliphatic carbocycles. The van der Waals surface area contributed by atoms with E-state index in [0.717, 1.165) is 4.90 Å². The van der Waals surface area contributed by atoms with Gasteiger partial charge >= 0.3 is 5.97 Å². The Hall–Kier alpha value is -4.12. The fourth-order valence-corrected chi connectivity index (χ4v) is 3.06. The standard InChI is InChI=1S/C25H24FN3O4/c1-25(2,3)16-33-22-9-8-21(12-18(22)13-27)29(15-23(30)31)24(32)17-10-11-28(14-17)20-6-4-19(26)5-7-20/h4-12,14H,15-16H2,1-3H3,(H,30,31). The minimum atomic E-state index is -1.20. The lowest BCUT2D eigenvalue weighted by Gasteiger charge is -2.22. The highest BCUT2D eigenvalue weighted by Crippen LogP contribution is 2.28. The van der Waals surface area contributed by atoms with Gasteiger partial charge in [-0.25, -0.2) is 4.39 Å². The van der Waals surface area contributed by atoms with Crippen molar-refractivity contribution < 1.29 is 23.8 Å². The maximum Gasteiger partial charge on any atom is 0.323 e. The summed E-state index contributed by atoms with van der Waals surface area (Å²) < 4.78 is 20.6. The van der Waals surface area contributed by atoms with E-state index < -0.39 is 18.4 Å². The second kappa shape index (κ2) is 9.57. The molecular weight excluding hydrogens is 425 g/mol. The Kier molecular flexibility index (Phi) is 6.83. The number of benzene rings is 2. The molecule has 8 heteroatoms. The third-order valence-electron chi connectivity index (χ3n) is 4.66. The number of carbonyl (C=O) groups is 2. The predicted octanol–water partition coefficient (Wildman–Crippen LogP) is 4.64. The molecule has 33 heavy (non-hydrogen) atoms. The smallest absolute Gasteiger partial charge is 0.323 e. The van der Waals surface area contributed by atoms with E-state index in [0.29, 0.717) is 18.0 Å². The molecule has 0 saturated heterocycles. The Bertz CT molecular complexity index is 1200. The van der Waals surface area contributed by atoms with Crippen LogP contribution < -0.4 is 9.64 Å². The normalized spacial score (nSPS) is 11.0. The maximum atomic E-state index is 13.2. The Morgan fingerprint density at radius 3 is 2.45 bits per heavy atom. The van der Waals surface area contributed by atoms with Crippen molar-refractivity contribution in [3.05, 3.63) is 77.9 Å². The second-order valence-corrected chi connectivity index (χ2v) is 8.71. The van der Waals surface area contributed by atoms with Gasteiger partial charge in [0, 0.05) is 23.8 Å². The van der Waals surface area contributed by atoms with Crippen LogP contribution in [0, 0.1) is 22.6 Å². The Morgan fingerprint density at radius 2 is 1.85 bits per heavy atom. The highest BCUT2D eigenvalue weighted by molar-refractivity contribution is 6.08. The molecule has 0 radical (unpaired) electrons. The number of carboxylic acid groups (broad SMARTS) is 1. The van der Waals surface area contributed by atoms with Crippen LogP contribution in [0.3, 0.4) is 0 Å². The van der Waals surface area contributed by atoms with Crippen LogP contribution in [0.15, 0.2) is 60.9 Å². The van der Waals surface area contributed by atoms with Crippen molar-refractivity contribution in [2.45, 2.75) is 20.8 Å². The molecule has 1 amide bonds. The molecule has 0 bridgehead atoms. The fourth-order valence-electron chi connectivity index (χ4n) is 3.06. The van der Waals surface area contributed by atoms with Gasteiger partial charge in [-0.05, 0) is 53.9 Å². The van der Waals surface area contributed by atoms with Crippen molar-refractivity contribution in [2.24, 2.45) is 5.41 Å². The Morgan fingerprint density at radius 1 is 1.15 bits per heavy atom. The van der Waals surface area contributed by atoms with E-state index in [1.807, 2.05) is 26.8 Å². The van der Waals surface area contributed by atoms with Gasteiger partial charge in [-0.2, -0.15) is 5.26 Å². The van der Waals surface area contributed by atoms with Crippen LogP contribution in [0.2, 0.25) is 0 Å². The zero-order valence-electron chi connectivity index (χ0n) is 18.6. The number of halogens is 1. The van der Waals surface area contributed by atoms with Gasteiger partial charge in [0.2, 0.25) is 0 Å². The van der Waals surface area contributed by atoms with Crippen LogP contribution >= 0.6 is 0 Å². The van der Waals surface area contributed by atoms with Crippen LogP contribution in [0.4, 0.5) is 10.1 Å². The molecule has 0 unspecified atom stereocenters. The molecule has 1 N–H and O–H groups in total. The minimum absolute atomic E-state index is 0.117. The fraction of sp³-hybridized carbons (Fsp3) is 0.240. The SMILES string of the molecule is CC(C)(C)COc1ccc(N(CC(=O)O)C(=O)c2ccn(-c3ccc(F)cc3)c2)cc1C#N. The van der Waals surface area contributed by atoms with E-state index in [4.69, 9.17) is 4.74 Å². The highest BCUT2D eigenvalue weighted by atomic mass is 19.1. The number of carboxylic acids is 1. The Labute approximate surface area is 191 Å². The van der Waals surface area contributed by atoms with Gasteiger partial charge in [-0.3, -0.25) is 14.5 Å². The molecule has 170 valence electrons. The number of ether oxygens (including phenoxy) is 1. The van der Waals surface area contributed by atoms with Crippen LogP contribution in [0.5, 0.6) is 5.75 Å². The summed E-state index contributed by atoms with van der Waals surface area (Å²) in [7, 11) is 0. The number of anilines is 1. The van der Waals surface area contributed by atoms with Crippen molar-refractivity contribution in [1.82, 2.24) is 4.57 Å². The minimum Gasteiger partial charge on any atom is -0.492 e. The molecule has 7 nitrogen and oxygen atoms in total. The van der Waals surface area contributed by atoms with Crippen LogP contribution in [0.1, 0.15) is 36.7 Å². The quantitative estimate of drug-likeness (QED) is 0.567. The number of aromatic nitrogens is 1. The molecule has 2 aromatic carbocycles. The first-order chi connectivity index (χ1) is 15.6. The summed E-state index contributed by atoms with van der Waals surface area (Å²) in [6.07, 6.45) is 3.17. The van der Waals surface area contributed by atoms with Crippen molar-refractivity contribution >= 4 is 17.6 Å². The molecule has 0 fully saturated rings. The third kappa shape index (κ3) is 5.98. The van der Waals surface area contributed by atoms with Gasteiger partial charge in [0.15, 0.2) is 0 Å². The number of amides is 1. The zero-order valence-corrected chi connectivity index (χ0v) is 18.6. The molecule has 0 aliphatic rings. The highest BCUT2D eigenvalue weighted by Gasteiger charge is 2.23. The van der Waals surface area contributed by atoms with E-state index in [1.54, 1.807) is 41.1 Å². The van der Waals surface area contributed by atoms with Gasteiger partial charge < -0.3 is 14.4 Å². The maximum absolute atomic E-state index is 13.2. The van der Waals surface area contributed by atoms with E-state index >= 15 is 0 Å². The molecule has 0 saturated carbocycles. The summed E-state index contributed by atoms with van der Waals surface area (Å²) >= 11 is 0. The first kappa shape index (κ1) is 23.5. The van der Waals surface area contributed by atoms with E-state index in [1.165, 1.54) is 24.4 Å². The lowest BCUT2D eigenvalue weighted by atomic mass is 9.98. The summed E-state index contributed by atoms with van der Waals surface area (Å²) in [4.78, 5) is 25.8. The van der Waals surface area contributed by atoms with Crippen molar-refractivity contribution in [1.29, 1.82) is 5.26 Å². The molecule has 1 heterocycles. The predicted molar refractivity (Wildman–Crippen MR) is 121 cm³/mol. The number of carbonyl (C=O) groups excluding carboxylic acids is 1. The van der Waals surface area contributed by atoms with Crippen LogP contribution in [0.25, 0.3) is 5.69 Å². The largest absolute Gasteiger partial charge is 0.492 e. The molecule has 3 rings (SSSR count). The number of nitriles is 1. The summed E-state index contributed by atoms with van der Waals surface area (Å²) in [5.74, 6) is -1.77. The van der Waals surface area contributed by atoms with E-state index in [2.05, 4.69) is 0 Å². The first-order valence-electron chi connectivity index (χ1n) is 10.2. The second-order valence-electron chi connectivity index (χ2n) is 8.71. The van der Waals surface area contributed by atoms with Crippen LogP contribution in [-0.2, 0) is 4.79 Å². The van der Waals surface area contributed by atoms with Crippen molar-refractivity contribution in [3.63, 3.8) is 0 Å². The first-order valence-corrected chi connectivity index (χ1v) is 10.2. The number of hydrogen-bond acceptors (Lipinski definition) is 4. The lowest BCUT2D eigenvalue weighted by Crippen LogP contribution is -2.35. The summed E-state index contributed by atoms with van der Waals surface area (Å²) in [5.41, 5.74) is 1.23. The van der Waals surface area contributed by atoms with Gasteiger partial charge in [0.25, 0.3) is 5.91 Å². The third-order valence-corrected chi connectivity index (χ3v) is 4.66. The topological polar surface area (TPSA) is 95.6 Å². The molecule has 0 spiro atoms. The molecular formula is C25H24FN3O4. The molecule has 0 atom stereocenters. The van der Waals surface area contributed by atoms with Crippen LogP contribution in [-0.4, -0.2) is 34.7 Å². The summed E-state index contributed by atoms with van der Waals surface area (Å²) in [6, 6.07) is 13.9. The van der Waals surface area contributed by atoms with Gasteiger partial charge in [-0.15, -0.1) is 0 Å². The lowest BCUT2D eigenvalue weighted by molar-refractivity contribution is -0.135. The van der Waals surface area contributed by atoms with Gasteiger partial charge in [-0.1, -0.05) is 20.8 Å². The summed E-state index contributed by atoms with van der Waals surface area (Å²) in [6.45, 7) is 5.79. The summed E-state index contributed by atoms with van der Waals surface area (Å²) in [5, 5.41) is 18.9. The van der Waals surface area contributed by atoms with Gasteiger partial charge in [0.05, 0.1) is 17.7 Å².